The summed E-state index contributed by atoms with van der Waals surface area (Å²) in [5.74, 6) is -1.34. The molecule has 0 aromatic carbocycles. The molecule has 0 bridgehead atoms. The quantitative estimate of drug-likeness (QED) is 0.846. The van der Waals surface area contributed by atoms with Crippen molar-refractivity contribution >= 4 is 11.9 Å². The highest BCUT2D eigenvalue weighted by Crippen LogP contribution is 2.29. The number of aromatic carboxylic acids is 1. The van der Waals surface area contributed by atoms with Gasteiger partial charge in [0.05, 0.1) is 12.4 Å². The number of rotatable bonds is 2. The molecule has 1 aromatic rings. The Morgan fingerprint density at radius 1 is 1.28 bits per heavy atom. The first-order chi connectivity index (χ1) is 8.39. The van der Waals surface area contributed by atoms with E-state index in [-0.39, 0.29) is 22.7 Å². The van der Waals surface area contributed by atoms with Crippen LogP contribution in [0.4, 0.5) is 0 Å². The maximum absolute atomic E-state index is 12.1. The van der Waals surface area contributed by atoms with Crippen LogP contribution in [0.25, 0.3) is 0 Å². The minimum atomic E-state index is -1.15. The van der Waals surface area contributed by atoms with Gasteiger partial charge in [-0.15, -0.1) is 0 Å². The summed E-state index contributed by atoms with van der Waals surface area (Å²) in [6.45, 7) is 5.61. The molecule has 1 aliphatic rings. The van der Waals surface area contributed by atoms with E-state index in [2.05, 4.69) is 23.8 Å². The number of aromatic nitrogens is 2. The molecule has 1 saturated heterocycles. The van der Waals surface area contributed by atoms with Crippen LogP contribution in [0.15, 0.2) is 12.4 Å². The molecule has 2 rings (SSSR count). The molecular formula is C12H15N3O3. The van der Waals surface area contributed by atoms with Gasteiger partial charge in [0, 0.05) is 13.1 Å². The van der Waals surface area contributed by atoms with E-state index in [0.717, 1.165) is 12.6 Å². The lowest BCUT2D eigenvalue weighted by Gasteiger charge is -2.19. The molecule has 0 unspecified atom stereocenters. The van der Waals surface area contributed by atoms with Crippen LogP contribution in [0.1, 0.15) is 41.2 Å². The molecular weight excluding hydrogens is 234 g/mol. The molecule has 1 N–H and O–H groups in total. The van der Waals surface area contributed by atoms with E-state index >= 15 is 0 Å². The van der Waals surface area contributed by atoms with Crippen molar-refractivity contribution in [1.29, 1.82) is 0 Å². The molecule has 6 nitrogen and oxygen atoms in total. The lowest BCUT2D eigenvalue weighted by Crippen LogP contribution is -2.31. The minimum absolute atomic E-state index is 0.129. The fraction of sp³-hybridized carbons (Fsp3) is 0.500. The number of carboxylic acids is 1. The first kappa shape index (κ1) is 12.5. The van der Waals surface area contributed by atoms with Gasteiger partial charge in [-0.25, -0.2) is 14.8 Å². The van der Waals surface area contributed by atoms with Gasteiger partial charge in [0.25, 0.3) is 5.91 Å². The highest BCUT2D eigenvalue weighted by molar-refractivity contribution is 5.93. The van der Waals surface area contributed by atoms with Crippen LogP contribution >= 0.6 is 0 Å². The molecule has 0 saturated carbocycles. The van der Waals surface area contributed by atoms with E-state index < -0.39 is 5.97 Å². The van der Waals surface area contributed by atoms with Crippen LogP contribution in [0.2, 0.25) is 0 Å². The zero-order valence-electron chi connectivity index (χ0n) is 10.4. The van der Waals surface area contributed by atoms with Gasteiger partial charge >= 0.3 is 5.97 Å². The van der Waals surface area contributed by atoms with Crippen LogP contribution in [0, 0.1) is 5.41 Å². The van der Waals surface area contributed by atoms with Crippen molar-refractivity contribution in [3.63, 3.8) is 0 Å². The van der Waals surface area contributed by atoms with Crippen molar-refractivity contribution in [2.24, 2.45) is 5.41 Å². The number of nitrogens with zero attached hydrogens (tertiary/aromatic N) is 3. The molecule has 6 heteroatoms. The Kier molecular flexibility index (Phi) is 3.02. The second-order valence-corrected chi connectivity index (χ2v) is 5.23. The van der Waals surface area contributed by atoms with Gasteiger partial charge in [0.2, 0.25) is 0 Å². The predicted molar refractivity (Wildman–Crippen MR) is 63.3 cm³/mol. The standard InChI is InChI=1S/C12H15N3O3/c1-12(2)3-4-15(7-12)10(16)8-5-14-9(6-13-8)11(17)18/h5-6H,3-4,7H2,1-2H3,(H,17,18). The molecule has 18 heavy (non-hydrogen) atoms. The zero-order valence-corrected chi connectivity index (χ0v) is 10.4. The van der Waals surface area contributed by atoms with Crippen LogP contribution in [0.3, 0.4) is 0 Å². The highest BCUT2D eigenvalue weighted by atomic mass is 16.4. The van der Waals surface area contributed by atoms with Gasteiger partial charge in [0.15, 0.2) is 5.69 Å². The third-order valence-corrected chi connectivity index (χ3v) is 3.05. The fourth-order valence-corrected chi connectivity index (χ4v) is 2.00. The fourth-order valence-electron chi connectivity index (χ4n) is 2.00. The van der Waals surface area contributed by atoms with Gasteiger partial charge in [0.1, 0.15) is 5.69 Å². The number of carbonyl (C=O) groups is 2. The lowest BCUT2D eigenvalue weighted by molar-refractivity contribution is 0.0686. The van der Waals surface area contributed by atoms with Crippen molar-refractivity contribution in [2.75, 3.05) is 13.1 Å². The van der Waals surface area contributed by atoms with Crippen molar-refractivity contribution in [1.82, 2.24) is 14.9 Å². The van der Waals surface area contributed by atoms with E-state index in [4.69, 9.17) is 5.11 Å². The largest absolute Gasteiger partial charge is 0.476 e. The number of amides is 1. The average Bonchev–Trinajstić information content (AvgIpc) is 2.69. The van der Waals surface area contributed by atoms with Gasteiger partial charge in [-0.1, -0.05) is 13.8 Å². The normalized spacial score (nSPS) is 17.8. The Bertz CT molecular complexity index is 482. The Hall–Kier alpha value is -1.98. The number of likely N-dealkylation sites (tertiary alicyclic amines) is 1. The van der Waals surface area contributed by atoms with Crippen molar-refractivity contribution in [3.05, 3.63) is 23.8 Å². The molecule has 0 spiro atoms. The Labute approximate surface area is 105 Å². The van der Waals surface area contributed by atoms with Crippen molar-refractivity contribution in [3.8, 4) is 0 Å². The van der Waals surface area contributed by atoms with Crippen molar-refractivity contribution in [2.45, 2.75) is 20.3 Å². The van der Waals surface area contributed by atoms with E-state index in [9.17, 15) is 9.59 Å². The molecule has 96 valence electrons. The number of carbonyl (C=O) groups excluding carboxylic acids is 1. The van der Waals surface area contributed by atoms with Crippen LogP contribution in [-0.2, 0) is 0 Å². The molecule has 1 aromatic heterocycles. The van der Waals surface area contributed by atoms with Gasteiger partial charge in [-0.05, 0) is 11.8 Å². The third kappa shape index (κ3) is 2.47. The Balaban J connectivity index is 2.12. The van der Waals surface area contributed by atoms with Crippen LogP contribution in [-0.4, -0.2) is 44.9 Å². The smallest absolute Gasteiger partial charge is 0.356 e. The number of hydrogen-bond donors (Lipinski definition) is 1. The topological polar surface area (TPSA) is 83.4 Å². The SMILES string of the molecule is CC1(C)CCN(C(=O)c2cnc(C(=O)O)cn2)C1. The summed E-state index contributed by atoms with van der Waals surface area (Å²) in [6, 6.07) is 0. The highest BCUT2D eigenvalue weighted by Gasteiger charge is 2.32. The summed E-state index contributed by atoms with van der Waals surface area (Å²) in [4.78, 5) is 32.0. The Morgan fingerprint density at radius 3 is 2.33 bits per heavy atom. The summed E-state index contributed by atoms with van der Waals surface area (Å²) in [7, 11) is 0. The van der Waals surface area contributed by atoms with E-state index in [0.29, 0.717) is 13.1 Å². The summed E-state index contributed by atoms with van der Waals surface area (Å²) < 4.78 is 0. The second kappa shape index (κ2) is 4.36. The first-order valence-corrected chi connectivity index (χ1v) is 5.74. The van der Waals surface area contributed by atoms with E-state index in [1.54, 1.807) is 4.90 Å². The maximum atomic E-state index is 12.1. The molecule has 1 fully saturated rings. The van der Waals surface area contributed by atoms with Crippen molar-refractivity contribution < 1.29 is 14.7 Å². The number of hydrogen-bond acceptors (Lipinski definition) is 4. The predicted octanol–water partition coefficient (Wildman–Crippen LogP) is 1.05. The Morgan fingerprint density at radius 2 is 1.89 bits per heavy atom. The number of carboxylic acid groups (broad SMARTS) is 1. The maximum Gasteiger partial charge on any atom is 0.356 e. The summed E-state index contributed by atoms with van der Waals surface area (Å²) in [5, 5.41) is 8.70. The molecule has 0 radical (unpaired) electrons. The average molecular weight is 249 g/mol. The minimum Gasteiger partial charge on any atom is -0.476 e. The monoisotopic (exact) mass is 249 g/mol. The summed E-state index contributed by atoms with van der Waals surface area (Å²) >= 11 is 0. The van der Waals surface area contributed by atoms with E-state index in [1.165, 1.54) is 6.20 Å². The van der Waals surface area contributed by atoms with Gasteiger partial charge < -0.3 is 10.0 Å². The molecule has 1 aliphatic heterocycles. The van der Waals surface area contributed by atoms with Crippen LogP contribution < -0.4 is 0 Å². The molecule has 0 aliphatic carbocycles. The molecule has 2 heterocycles. The first-order valence-electron chi connectivity index (χ1n) is 5.74. The zero-order chi connectivity index (χ0) is 13.3. The summed E-state index contributed by atoms with van der Waals surface area (Å²) in [5.41, 5.74) is 0.162. The molecule has 1 amide bonds. The molecule has 0 atom stereocenters. The summed E-state index contributed by atoms with van der Waals surface area (Å²) in [6.07, 6.45) is 3.28. The van der Waals surface area contributed by atoms with Gasteiger partial charge in [-0.2, -0.15) is 0 Å². The second-order valence-electron chi connectivity index (χ2n) is 5.23. The van der Waals surface area contributed by atoms with Gasteiger partial charge in [-0.3, -0.25) is 4.79 Å². The lowest BCUT2D eigenvalue weighted by atomic mass is 9.93. The third-order valence-electron chi connectivity index (χ3n) is 3.05. The van der Waals surface area contributed by atoms with Crippen LogP contribution in [0.5, 0.6) is 0 Å². The van der Waals surface area contributed by atoms with E-state index in [1.807, 2.05) is 0 Å².